The van der Waals surface area contributed by atoms with Crippen LogP contribution in [0, 0.1) is 5.92 Å². The summed E-state index contributed by atoms with van der Waals surface area (Å²) < 4.78 is 1.05. The van der Waals surface area contributed by atoms with Crippen LogP contribution in [-0.2, 0) is 0 Å². The van der Waals surface area contributed by atoms with Crippen LogP contribution in [0.2, 0.25) is 0 Å². The van der Waals surface area contributed by atoms with E-state index in [9.17, 15) is 5.11 Å². The molecule has 2 nitrogen and oxygen atoms in total. The fraction of sp³-hybridized carbons (Fsp3) is 0.571. The Hall–Kier alpha value is -0.540. The van der Waals surface area contributed by atoms with Gasteiger partial charge in [-0.3, -0.25) is 0 Å². The molecule has 0 saturated carbocycles. The second-order valence-electron chi connectivity index (χ2n) is 4.82. The molecule has 3 heteroatoms. The largest absolute Gasteiger partial charge is 0.389 e. The maximum Gasteiger partial charge on any atom is 0.0762 e. The van der Waals surface area contributed by atoms with E-state index in [0.717, 1.165) is 23.1 Å². The van der Waals surface area contributed by atoms with Crippen molar-refractivity contribution in [3.8, 4) is 0 Å². The summed E-state index contributed by atoms with van der Waals surface area (Å²) in [6, 6.07) is 6.08. The molecule has 0 heterocycles. The first-order chi connectivity index (χ1) is 7.95. The number of anilines is 1. The molecule has 1 rings (SSSR count). The molecule has 17 heavy (non-hydrogen) atoms. The first-order valence-electron chi connectivity index (χ1n) is 6.18. The summed E-state index contributed by atoms with van der Waals surface area (Å²) in [5, 5.41) is 9.55. The Labute approximate surface area is 113 Å². The molecule has 0 fully saturated rings. The molecular weight excluding hydrogens is 278 g/mol. The Kier molecular flexibility index (Phi) is 5.47. The molecule has 96 valence electrons. The van der Waals surface area contributed by atoms with E-state index in [1.807, 2.05) is 12.1 Å². The maximum absolute atomic E-state index is 9.55. The van der Waals surface area contributed by atoms with Crippen molar-refractivity contribution >= 4 is 21.6 Å². The lowest BCUT2D eigenvalue weighted by Crippen LogP contribution is -2.27. The maximum atomic E-state index is 9.55. The SMILES string of the molecule is CCN(CC(C)C)c1ccc(C(C)O)cc1Br. The summed E-state index contributed by atoms with van der Waals surface area (Å²) in [7, 11) is 0. The minimum atomic E-state index is -0.416. The van der Waals surface area contributed by atoms with E-state index >= 15 is 0 Å². The third-order valence-corrected chi connectivity index (χ3v) is 3.40. The number of nitrogens with zero attached hydrogens (tertiary/aromatic N) is 1. The average molecular weight is 300 g/mol. The van der Waals surface area contributed by atoms with Crippen LogP contribution in [0.15, 0.2) is 22.7 Å². The van der Waals surface area contributed by atoms with Gasteiger partial charge in [0.2, 0.25) is 0 Å². The summed E-state index contributed by atoms with van der Waals surface area (Å²) in [4.78, 5) is 2.35. The molecule has 1 atom stereocenters. The molecule has 0 radical (unpaired) electrons. The molecule has 1 aromatic carbocycles. The van der Waals surface area contributed by atoms with Crippen LogP contribution in [0.4, 0.5) is 5.69 Å². The summed E-state index contributed by atoms with van der Waals surface area (Å²) in [5.74, 6) is 0.637. The number of aliphatic hydroxyl groups excluding tert-OH is 1. The van der Waals surface area contributed by atoms with Crippen LogP contribution in [0.25, 0.3) is 0 Å². The van der Waals surface area contributed by atoms with Gasteiger partial charge in [0.15, 0.2) is 0 Å². The zero-order chi connectivity index (χ0) is 13.0. The molecule has 0 saturated heterocycles. The molecule has 1 aromatic rings. The van der Waals surface area contributed by atoms with Gasteiger partial charge in [-0.25, -0.2) is 0 Å². The zero-order valence-corrected chi connectivity index (χ0v) is 12.7. The Morgan fingerprint density at radius 3 is 2.35 bits per heavy atom. The van der Waals surface area contributed by atoms with Gasteiger partial charge >= 0.3 is 0 Å². The lowest BCUT2D eigenvalue weighted by Gasteiger charge is -2.26. The zero-order valence-electron chi connectivity index (χ0n) is 11.1. The Morgan fingerprint density at radius 1 is 1.29 bits per heavy atom. The molecule has 0 aliphatic heterocycles. The van der Waals surface area contributed by atoms with Crippen molar-refractivity contribution in [2.24, 2.45) is 5.92 Å². The number of halogens is 1. The molecule has 0 aliphatic rings. The molecule has 0 bridgehead atoms. The van der Waals surface area contributed by atoms with Crippen molar-refractivity contribution in [2.75, 3.05) is 18.0 Å². The molecule has 0 aromatic heterocycles. The van der Waals surface area contributed by atoms with E-state index in [2.05, 4.69) is 47.7 Å². The van der Waals surface area contributed by atoms with Crippen LogP contribution >= 0.6 is 15.9 Å². The van der Waals surface area contributed by atoms with Gasteiger partial charge in [0, 0.05) is 17.6 Å². The van der Waals surface area contributed by atoms with E-state index in [4.69, 9.17) is 0 Å². The fourth-order valence-electron chi connectivity index (χ4n) is 1.88. The molecular formula is C14H22BrNO. The van der Waals surface area contributed by atoms with Crippen molar-refractivity contribution in [3.05, 3.63) is 28.2 Å². The monoisotopic (exact) mass is 299 g/mol. The highest BCUT2D eigenvalue weighted by molar-refractivity contribution is 9.10. The summed E-state index contributed by atoms with van der Waals surface area (Å²) in [5.41, 5.74) is 2.15. The minimum absolute atomic E-state index is 0.416. The Bertz CT molecular complexity index is 363. The van der Waals surface area contributed by atoms with Gasteiger partial charge in [-0.15, -0.1) is 0 Å². The van der Waals surface area contributed by atoms with Crippen molar-refractivity contribution in [1.29, 1.82) is 0 Å². The van der Waals surface area contributed by atoms with Crippen molar-refractivity contribution in [3.63, 3.8) is 0 Å². The van der Waals surface area contributed by atoms with E-state index < -0.39 is 6.10 Å². The quantitative estimate of drug-likeness (QED) is 0.889. The van der Waals surface area contributed by atoms with Crippen LogP contribution in [0.3, 0.4) is 0 Å². The van der Waals surface area contributed by atoms with Gasteiger partial charge in [0.05, 0.1) is 11.8 Å². The highest BCUT2D eigenvalue weighted by atomic mass is 79.9. The predicted molar refractivity (Wildman–Crippen MR) is 77.5 cm³/mol. The highest BCUT2D eigenvalue weighted by Gasteiger charge is 2.11. The van der Waals surface area contributed by atoms with Crippen molar-refractivity contribution in [2.45, 2.75) is 33.8 Å². The van der Waals surface area contributed by atoms with Crippen molar-refractivity contribution < 1.29 is 5.11 Å². The molecule has 0 amide bonds. The van der Waals surface area contributed by atoms with Gasteiger partial charge < -0.3 is 10.0 Å². The first kappa shape index (κ1) is 14.5. The number of rotatable bonds is 5. The van der Waals surface area contributed by atoms with Gasteiger partial charge in [0.25, 0.3) is 0 Å². The third kappa shape index (κ3) is 4.00. The smallest absolute Gasteiger partial charge is 0.0762 e. The van der Waals surface area contributed by atoms with E-state index in [1.54, 1.807) is 6.92 Å². The van der Waals surface area contributed by atoms with Crippen LogP contribution in [0.1, 0.15) is 39.4 Å². The highest BCUT2D eigenvalue weighted by Crippen LogP contribution is 2.29. The average Bonchev–Trinajstić information content (AvgIpc) is 2.25. The number of hydrogen-bond donors (Lipinski definition) is 1. The third-order valence-electron chi connectivity index (χ3n) is 2.76. The molecule has 0 aliphatic carbocycles. The topological polar surface area (TPSA) is 23.5 Å². The summed E-state index contributed by atoms with van der Waals surface area (Å²) in [6.07, 6.45) is -0.416. The molecule has 0 spiro atoms. The molecule has 1 N–H and O–H groups in total. The van der Waals surface area contributed by atoms with E-state index in [1.165, 1.54) is 5.69 Å². The number of benzene rings is 1. The summed E-state index contributed by atoms with van der Waals surface area (Å²) >= 11 is 3.59. The van der Waals surface area contributed by atoms with Gasteiger partial charge in [-0.2, -0.15) is 0 Å². The van der Waals surface area contributed by atoms with E-state index in [-0.39, 0.29) is 0 Å². The van der Waals surface area contributed by atoms with Crippen LogP contribution in [0.5, 0.6) is 0 Å². The standard InChI is InChI=1S/C14H22BrNO/c1-5-16(9-10(2)3)14-7-6-12(11(4)17)8-13(14)15/h6-8,10-11,17H,5,9H2,1-4H3. The van der Waals surface area contributed by atoms with Crippen LogP contribution < -0.4 is 4.90 Å². The second kappa shape index (κ2) is 6.41. The van der Waals surface area contributed by atoms with E-state index in [0.29, 0.717) is 5.92 Å². The molecule has 1 unspecified atom stereocenters. The Balaban J connectivity index is 2.96. The van der Waals surface area contributed by atoms with Crippen molar-refractivity contribution in [1.82, 2.24) is 0 Å². The number of hydrogen-bond acceptors (Lipinski definition) is 2. The number of aliphatic hydroxyl groups is 1. The Morgan fingerprint density at radius 2 is 1.94 bits per heavy atom. The lowest BCUT2D eigenvalue weighted by atomic mass is 10.1. The van der Waals surface area contributed by atoms with Gasteiger partial charge in [-0.05, 0) is 53.4 Å². The normalized spacial score (nSPS) is 12.9. The second-order valence-corrected chi connectivity index (χ2v) is 5.67. The lowest BCUT2D eigenvalue weighted by molar-refractivity contribution is 0.199. The van der Waals surface area contributed by atoms with Crippen LogP contribution in [-0.4, -0.2) is 18.2 Å². The fourth-order valence-corrected chi connectivity index (χ4v) is 2.53. The first-order valence-corrected chi connectivity index (χ1v) is 6.97. The summed E-state index contributed by atoms with van der Waals surface area (Å²) in [6.45, 7) is 10.4. The minimum Gasteiger partial charge on any atom is -0.389 e. The predicted octanol–water partition coefficient (Wildman–Crippen LogP) is 3.98. The van der Waals surface area contributed by atoms with Gasteiger partial charge in [0.1, 0.15) is 0 Å². The van der Waals surface area contributed by atoms with Gasteiger partial charge in [-0.1, -0.05) is 19.9 Å².